The molecule has 1 aromatic carbocycles. The molecule has 0 atom stereocenters. The molecule has 8 heteroatoms. The first-order valence-corrected chi connectivity index (χ1v) is 8.50. The topological polar surface area (TPSA) is 81.9 Å². The van der Waals surface area contributed by atoms with Gasteiger partial charge in [0.1, 0.15) is 5.82 Å². The van der Waals surface area contributed by atoms with Crippen LogP contribution in [0, 0.1) is 5.82 Å². The lowest BCUT2D eigenvalue weighted by Gasteiger charge is -2.08. The molecular weight excluding hydrogens is 361 g/mol. The van der Waals surface area contributed by atoms with Gasteiger partial charge in [0.15, 0.2) is 0 Å². The quantitative estimate of drug-likeness (QED) is 0.578. The number of hydrogen-bond acceptors (Lipinski definition) is 5. The van der Waals surface area contributed by atoms with Crippen LogP contribution in [0.5, 0.6) is 5.88 Å². The average molecular weight is 377 g/mol. The summed E-state index contributed by atoms with van der Waals surface area (Å²) >= 11 is 0. The van der Waals surface area contributed by atoms with Gasteiger partial charge in [0.25, 0.3) is 5.91 Å². The molecule has 3 aromatic heterocycles. The van der Waals surface area contributed by atoms with Crippen molar-refractivity contribution >= 4 is 16.8 Å². The number of nitrogens with zero attached hydrogens (tertiary/aromatic N) is 4. The molecule has 4 rings (SSSR count). The molecule has 0 radical (unpaired) electrons. The van der Waals surface area contributed by atoms with E-state index in [4.69, 9.17) is 4.74 Å². The second-order valence-corrected chi connectivity index (χ2v) is 6.04. The number of hydrogen-bond donors (Lipinski definition) is 1. The van der Waals surface area contributed by atoms with Crippen LogP contribution in [0.25, 0.3) is 16.6 Å². The number of carbonyl (C=O) groups excluding carboxylic acids is 1. The number of aromatic nitrogens is 4. The third kappa shape index (κ3) is 3.39. The Kier molecular flexibility index (Phi) is 4.67. The van der Waals surface area contributed by atoms with E-state index in [1.807, 2.05) is 0 Å². The van der Waals surface area contributed by atoms with Crippen LogP contribution in [0.4, 0.5) is 4.39 Å². The highest BCUT2D eigenvalue weighted by Gasteiger charge is 2.15. The maximum absolute atomic E-state index is 13.2. The molecule has 140 valence electrons. The summed E-state index contributed by atoms with van der Waals surface area (Å²) in [7, 11) is 1.54. The summed E-state index contributed by atoms with van der Waals surface area (Å²) in [6, 6.07) is 9.50. The first-order valence-electron chi connectivity index (χ1n) is 8.50. The molecule has 4 aromatic rings. The third-order valence-electron chi connectivity index (χ3n) is 4.27. The predicted molar refractivity (Wildman–Crippen MR) is 101 cm³/mol. The van der Waals surface area contributed by atoms with Crippen LogP contribution in [0.1, 0.15) is 15.9 Å². The van der Waals surface area contributed by atoms with Gasteiger partial charge in [0.05, 0.1) is 36.3 Å². The highest BCUT2D eigenvalue weighted by atomic mass is 19.1. The number of ether oxygens (including phenoxy) is 1. The first kappa shape index (κ1) is 17.6. The van der Waals surface area contributed by atoms with Gasteiger partial charge in [-0.15, -0.1) is 0 Å². The van der Waals surface area contributed by atoms with Gasteiger partial charge in [-0.2, -0.15) is 5.10 Å². The lowest BCUT2D eigenvalue weighted by atomic mass is 10.1. The maximum atomic E-state index is 13.2. The van der Waals surface area contributed by atoms with Crippen LogP contribution < -0.4 is 10.1 Å². The lowest BCUT2D eigenvalue weighted by Crippen LogP contribution is -2.23. The minimum Gasteiger partial charge on any atom is -0.481 e. The Morgan fingerprint density at radius 2 is 2.00 bits per heavy atom. The van der Waals surface area contributed by atoms with E-state index in [1.165, 1.54) is 25.4 Å². The molecule has 7 nitrogen and oxygen atoms in total. The lowest BCUT2D eigenvalue weighted by molar-refractivity contribution is 0.0952. The molecular formula is C20H16FN5O2. The van der Waals surface area contributed by atoms with Crippen LogP contribution in [-0.4, -0.2) is 32.8 Å². The number of pyridine rings is 2. The first-order chi connectivity index (χ1) is 13.7. The molecule has 0 bridgehead atoms. The van der Waals surface area contributed by atoms with Crippen molar-refractivity contribution in [1.82, 2.24) is 25.1 Å². The van der Waals surface area contributed by atoms with Gasteiger partial charge >= 0.3 is 0 Å². The van der Waals surface area contributed by atoms with Crippen LogP contribution in [-0.2, 0) is 6.54 Å². The number of nitrogens with one attached hydrogen (secondary N) is 1. The van der Waals surface area contributed by atoms with Crippen molar-refractivity contribution in [3.05, 3.63) is 78.1 Å². The summed E-state index contributed by atoms with van der Waals surface area (Å²) in [6.45, 7) is 0.320. The van der Waals surface area contributed by atoms with Crippen LogP contribution in [0.15, 0.2) is 61.2 Å². The monoisotopic (exact) mass is 377 g/mol. The Morgan fingerprint density at radius 3 is 2.79 bits per heavy atom. The molecule has 1 N–H and O–H groups in total. The summed E-state index contributed by atoms with van der Waals surface area (Å²) in [5.41, 5.74) is 2.61. The van der Waals surface area contributed by atoms with E-state index in [-0.39, 0.29) is 11.7 Å². The largest absolute Gasteiger partial charge is 0.481 e. The van der Waals surface area contributed by atoms with Crippen LogP contribution in [0.2, 0.25) is 0 Å². The summed E-state index contributed by atoms with van der Waals surface area (Å²) in [5, 5.41) is 7.85. The Bertz CT molecular complexity index is 1140. The smallest absolute Gasteiger partial charge is 0.253 e. The van der Waals surface area contributed by atoms with Gasteiger partial charge in [-0.05, 0) is 35.9 Å². The van der Waals surface area contributed by atoms with Crippen LogP contribution in [0.3, 0.4) is 0 Å². The fourth-order valence-electron chi connectivity index (χ4n) is 2.86. The van der Waals surface area contributed by atoms with Crippen molar-refractivity contribution in [2.75, 3.05) is 7.11 Å². The van der Waals surface area contributed by atoms with Crippen molar-refractivity contribution in [2.45, 2.75) is 6.54 Å². The summed E-state index contributed by atoms with van der Waals surface area (Å²) < 4.78 is 19.9. The van der Waals surface area contributed by atoms with E-state index in [1.54, 1.807) is 47.5 Å². The molecule has 0 saturated heterocycles. The third-order valence-corrected chi connectivity index (χ3v) is 4.27. The van der Waals surface area contributed by atoms with Gasteiger partial charge in [-0.3, -0.25) is 9.78 Å². The molecule has 0 unspecified atom stereocenters. The van der Waals surface area contributed by atoms with Crippen LogP contribution >= 0.6 is 0 Å². The molecule has 1 amide bonds. The van der Waals surface area contributed by atoms with E-state index >= 15 is 0 Å². The molecule has 0 fully saturated rings. The normalized spacial score (nSPS) is 10.8. The van der Waals surface area contributed by atoms with Crippen molar-refractivity contribution < 1.29 is 13.9 Å². The number of fused-ring (bicyclic) bond motifs is 1. The standard InChI is InChI=1S/C20H16FN5O2/c1-28-19-8-13(6-7-23-19)9-24-20(27)17-10-22-12-18-16(17)11-25-26(18)15-4-2-14(21)3-5-15/h2-8,10-12H,9H2,1H3,(H,24,27). The zero-order valence-corrected chi connectivity index (χ0v) is 15.0. The van der Waals surface area contributed by atoms with Gasteiger partial charge in [0, 0.05) is 30.4 Å². The van der Waals surface area contributed by atoms with E-state index in [0.717, 1.165) is 5.56 Å². The van der Waals surface area contributed by atoms with Gasteiger partial charge < -0.3 is 10.1 Å². The molecule has 0 aliphatic rings. The number of halogens is 1. The Morgan fingerprint density at radius 1 is 1.18 bits per heavy atom. The van der Waals surface area contributed by atoms with E-state index in [2.05, 4.69) is 20.4 Å². The average Bonchev–Trinajstić information content (AvgIpc) is 3.17. The van der Waals surface area contributed by atoms with Crippen molar-refractivity contribution in [1.29, 1.82) is 0 Å². The van der Waals surface area contributed by atoms with Gasteiger partial charge in [0.2, 0.25) is 5.88 Å². The number of carbonyl (C=O) groups is 1. The minimum atomic E-state index is -0.328. The van der Waals surface area contributed by atoms with Gasteiger partial charge in [-0.25, -0.2) is 14.1 Å². The van der Waals surface area contributed by atoms with E-state index in [0.29, 0.717) is 34.6 Å². The number of methoxy groups -OCH3 is 1. The molecule has 0 saturated carbocycles. The Labute approximate surface area is 159 Å². The highest BCUT2D eigenvalue weighted by Crippen LogP contribution is 2.21. The van der Waals surface area contributed by atoms with E-state index in [9.17, 15) is 9.18 Å². The number of benzene rings is 1. The summed E-state index contributed by atoms with van der Waals surface area (Å²) in [5.74, 6) is -0.116. The second kappa shape index (κ2) is 7.43. The predicted octanol–water partition coefficient (Wildman–Crippen LogP) is 2.89. The van der Waals surface area contributed by atoms with Crippen molar-refractivity contribution in [3.63, 3.8) is 0 Å². The molecule has 0 aliphatic carbocycles. The molecule has 3 heterocycles. The SMILES string of the molecule is COc1cc(CNC(=O)c2cncc3c2cnn3-c2ccc(F)cc2)ccn1. The zero-order valence-electron chi connectivity index (χ0n) is 15.0. The summed E-state index contributed by atoms with van der Waals surface area (Å²) in [6.07, 6.45) is 6.34. The fraction of sp³-hybridized carbons (Fsp3) is 0.100. The number of rotatable bonds is 5. The zero-order chi connectivity index (χ0) is 19.5. The molecule has 0 aliphatic heterocycles. The summed E-state index contributed by atoms with van der Waals surface area (Å²) in [4.78, 5) is 20.9. The van der Waals surface area contributed by atoms with Gasteiger partial charge in [-0.1, -0.05) is 0 Å². The second-order valence-electron chi connectivity index (χ2n) is 6.04. The highest BCUT2D eigenvalue weighted by molar-refractivity contribution is 6.05. The van der Waals surface area contributed by atoms with Crippen molar-refractivity contribution in [2.24, 2.45) is 0 Å². The van der Waals surface area contributed by atoms with Crippen molar-refractivity contribution in [3.8, 4) is 11.6 Å². The van der Waals surface area contributed by atoms with E-state index < -0.39 is 0 Å². The maximum Gasteiger partial charge on any atom is 0.253 e. The minimum absolute atomic E-state index is 0.271. The number of amides is 1. The molecule has 28 heavy (non-hydrogen) atoms. The molecule has 0 spiro atoms. The fourth-order valence-corrected chi connectivity index (χ4v) is 2.86. The Hall–Kier alpha value is -3.81. The Balaban J connectivity index is 1.60.